The molecular weight excluding hydrogens is 254 g/mol. The number of carbonyl (C=O) groups excluding carboxylic acids is 1. The summed E-state index contributed by atoms with van der Waals surface area (Å²) in [5.74, 6) is 0. The van der Waals surface area contributed by atoms with E-state index in [0.717, 1.165) is 23.0 Å². The van der Waals surface area contributed by atoms with Crippen LogP contribution in [-0.2, 0) is 4.79 Å². The summed E-state index contributed by atoms with van der Waals surface area (Å²) in [5.41, 5.74) is 3.63. The lowest BCUT2D eigenvalue weighted by Gasteiger charge is -1.98. The van der Waals surface area contributed by atoms with E-state index in [4.69, 9.17) is 0 Å². The number of aldehydes is 1. The van der Waals surface area contributed by atoms with E-state index in [1.54, 1.807) is 25.1 Å². The van der Waals surface area contributed by atoms with Crippen molar-refractivity contribution in [3.63, 3.8) is 0 Å². The van der Waals surface area contributed by atoms with Crippen molar-refractivity contribution in [2.75, 3.05) is 0 Å². The lowest BCUT2D eigenvalue weighted by Crippen LogP contribution is -1.86. The van der Waals surface area contributed by atoms with Gasteiger partial charge in [0.25, 0.3) is 5.69 Å². The summed E-state index contributed by atoms with van der Waals surface area (Å²) < 4.78 is 0. The number of hydrogen-bond acceptors (Lipinski definition) is 3. The SMILES string of the molecule is C\C(C=O)=C/C(C)=C/C(C)=C/c1ccc([N+](=O)[O-])cc1. The van der Waals surface area contributed by atoms with Gasteiger partial charge in [-0.2, -0.15) is 0 Å². The Morgan fingerprint density at radius 2 is 1.55 bits per heavy atom. The van der Waals surface area contributed by atoms with Crippen LogP contribution in [0.5, 0.6) is 0 Å². The van der Waals surface area contributed by atoms with Gasteiger partial charge >= 0.3 is 0 Å². The van der Waals surface area contributed by atoms with E-state index in [0.29, 0.717) is 5.57 Å². The van der Waals surface area contributed by atoms with Crippen LogP contribution in [0.15, 0.2) is 53.1 Å². The minimum absolute atomic E-state index is 0.0797. The van der Waals surface area contributed by atoms with Crippen LogP contribution in [0, 0.1) is 10.1 Å². The largest absolute Gasteiger partial charge is 0.298 e. The number of nitrogens with zero attached hydrogens (tertiary/aromatic N) is 1. The molecule has 104 valence electrons. The second-order valence-corrected chi connectivity index (χ2v) is 4.63. The zero-order chi connectivity index (χ0) is 15.1. The molecule has 0 spiro atoms. The molecule has 0 amide bonds. The van der Waals surface area contributed by atoms with Gasteiger partial charge in [-0.05, 0) is 44.0 Å². The van der Waals surface area contributed by atoms with Gasteiger partial charge in [0, 0.05) is 12.1 Å². The molecule has 0 fully saturated rings. The lowest BCUT2D eigenvalue weighted by molar-refractivity contribution is -0.384. The van der Waals surface area contributed by atoms with Crippen LogP contribution in [-0.4, -0.2) is 11.2 Å². The minimum atomic E-state index is -0.419. The number of allylic oxidation sites excluding steroid dienone is 5. The zero-order valence-corrected chi connectivity index (χ0v) is 11.8. The summed E-state index contributed by atoms with van der Waals surface area (Å²) in [6.45, 7) is 5.61. The number of nitro groups is 1. The highest BCUT2D eigenvalue weighted by atomic mass is 16.6. The van der Waals surface area contributed by atoms with Crippen LogP contribution >= 0.6 is 0 Å². The van der Waals surface area contributed by atoms with Crippen LogP contribution in [0.1, 0.15) is 26.3 Å². The van der Waals surface area contributed by atoms with Gasteiger partial charge < -0.3 is 0 Å². The quantitative estimate of drug-likeness (QED) is 0.266. The first kappa shape index (κ1) is 15.6. The molecule has 0 aliphatic carbocycles. The van der Waals surface area contributed by atoms with Gasteiger partial charge in [0.1, 0.15) is 6.29 Å². The third kappa shape index (κ3) is 5.02. The van der Waals surface area contributed by atoms with Gasteiger partial charge in [-0.3, -0.25) is 14.9 Å². The van der Waals surface area contributed by atoms with E-state index in [-0.39, 0.29) is 5.69 Å². The summed E-state index contributed by atoms with van der Waals surface area (Å²) in [6, 6.07) is 6.37. The maximum Gasteiger partial charge on any atom is 0.269 e. The molecule has 0 atom stereocenters. The number of rotatable bonds is 5. The van der Waals surface area contributed by atoms with Gasteiger partial charge in [0.05, 0.1) is 4.92 Å². The Morgan fingerprint density at radius 3 is 2.05 bits per heavy atom. The van der Waals surface area contributed by atoms with Crippen molar-refractivity contribution in [2.24, 2.45) is 0 Å². The molecule has 1 aromatic rings. The van der Waals surface area contributed by atoms with Gasteiger partial charge in [-0.25, -0.2) is 0 Å². The highest BCUT2D eigenvalue weighted by Gasteiger charge is 2.02. The van der Waals surface area contributed by atoms with Crippen LogP contribution in [0.4, 0.5) is 5.69 Å². The first-order valence-corrected chi connectivity index (χ1v) is 6.17. The molecule has 4 nitrogen and oxygen atoms in total. The molecule has 0 N–H and O–H groups in total. The number of hydrogen-bond donors (Lipinski definition) is 0. The number of benzene rings is 1. The van der Waals surface area contributed by atoms with E-state index in [1.165, 1.54) is 12.1 Å². The maximum absolute atomic E-state index is 10.6. The predicted molar refractivity (Wildman–Crippen MR) is 80.3 cm³/mol. The zero-order valence-electron chi connectivity index (χ0n) is 11.8. The minimum Gasteiger partial charge on any atom is -0.298 e. The average molecular weight is 271 g/mol. The van der Waals surface area contributed by atoms with Crippen molar-refractivity contribution in [3.8, 4) is 0 Å². The van der Waals surface area contributed by atoms with Gasteiger partial charge in [-0.1, -0.05) is 29.4 Å². The molecular formula is C16H17NO3. The van der Waals surface area contributed by atoms with E-state index in [9.17, 15) is 14.9 Å². The summed E-state index contributed by atoms with van der Waals surface area (Å²) in [5, 5.41) is 10.6. The van der Waals surface area contributed by atoms with Crippen molar-refractivity contribution >= 4 is 18.0 Å². The summed E-state index contributed by atoms with van der Waals surface area (Å²) >= 11 is 0. The molecule has 0 unspecified atom stereocenters. The fraction of sp³-hybridized carbons (Fsp3) is 0.188. The molecule has 0 aliphatic heterocycles. The Balaban J connectivity index is 2.91. The predicted octanol–water partition coefficient (Wildman–Crippen LogP) is 4.09. The third-order valence-corrected chi connectivity index (χ3v) is 2.59. The first-order chi connectivity index (χ1) is 9.42. The van der Waals surface area contributed by atoms with Crippen molar-refractivity contribution in [3.05, 3.63) is 68.8 Å². The van der Waals surface area contributed by atoms with Crippen LogP contribution in [0.2, 0.25) is 0 Å². The third-order valence-electron chi connectivity index (χ3n) is 2.59. The van der Waals surface area contributed by atoms with E-state index in [1.807, 2.05) is 26.0 Å². The average Bonchev–Trinajstić information content (AvgIpc) is 2.38. The number of carbonyl (C=O) groups is 1. The Kier molecular flexibility index (Phi) is 5.59. The van der Waals surface area contributed by atoms with Crippen molar-refractivity contribution in [1.82, 2.24) is 0 Å². The van der Waals surface area contributed by atoms with Crippen LogP contribution in [0.25, 0.3) is 6.08 Å². The summed E-state index contributed by atoms with van der Waals surface area (Å²) in [7, 11) is 0. The van der Waals surface area contributed by atoms with Gasteiger partial charge in [-0.15, -0.1) is 0 Å². The Labute approximate surface area is 118 Å². The Morgan fingerprint density at radius 1 is 1.00 bits per heavy atom. The number of non-ortho nitro benzene ring substituents is 1. The molecule has 0 saturated heterocycles. The standard InChI is InChI=1S/C16H17NO3/c1-12(9-14(3)11-18)8-13(2)10-15-4-6-16(7-5-15)17(19)20/h4-11H,1-3H3/b12-8+,13-10+,14-9+. The molecule has 1 rings (SSSR count). The van der Waals surface area contributed by atoms with E-state index >= 15 is 0 Å². The summed E-state index contributed by atoms with van der Waals surface area (Å²) in [4.78, 5) is 20.7. The van der Waals surface area contributed by atoms with E-state index in [2.05, 4.69) is 0 Å². The molecule has 0 radical (unpaired) electrons. The highest BCUT2D eigenvalue weighted by Crippen LogP contribution is 2.15. The maximum atomic E-state index is 10.6. The molecule has 20 heavy (non-hydrogen) atoms. The smallest absolute Gasteiger partial charge is 0.269 e. The second-order valence-electron chi connectivity index (χ2n) is 4.63. The topological polar surface area (TPSA) is 60.2 Å². The fourth-order valence-corrected chi connectivity index (χ4v) is 1.79. The normalized spacial score (nSPS) is 13.2. The van der Waals surface area contributed by atoms with Crippen molar-refractivity contribution in [1.29, 1.82) is 0 Å². The highest BCUT2D eigenvalue weighted by molar-refractivity contribution is 5.73. The molecule has 0 bridgehead atoms. The van der Waals surface area contributed by atoms with Crippen molar-refractivity contribution < 1.29 is 9.72 Å². The number of nitro benzene ring substituents is 1. The van der Waals surface area contributed by atoms with Gasteiger partial charge in [0.2, 0.25) is 0 Å². The monoisotopic (exact) mass is 271 g/mol. The lowest BCUT2D eigenvalue weighted by atomic mass is 10.1. The Bertz CT molecular complexity index is 593. The summed E-state index contributed by atoms with van der Waals surface area (Å²) in [6.07, 6.45) is 6.50. The molecule has 0 heterocycles. The fourth-order valence-electron chi connectivity index (χ4n) is 1.79. The molecule has 0 aromatic heterocycles. The first-order valence-electron chi connectivity index (χ1n) is 6.17. The van der Waals surface area contributed by atoms with Crippen molar-refractivity contribution in [2.45, 2.75) is 20.8 Å². The molecule has 1 aromatic carbocycles. The molecule has 4 heteroatoms. The van der Waals surface area contributed by atoms with E-state index < -0.39 is 4.92 Å². The second kappa shape index (κ2) is 7.19. The van der Waals surface area contributed by atoms with Crippen LogP contribution < -0.4 is 0 Å². The van der Waals surface area contributed by atoms with Crippen LogP contribution in [0.3, 0.4) is 0 Å². The molecule has 0 aliphatic rings. The Hall–Kier alpha value is -2.49. The molecule has 0 saturated carbocycles. The van der Waals surface area contributed by atoms with Gasteiger partial charge in [0.15, 0.2) is 0 Å².